The molecular weight excluding hydrogens is 246 g/mol. The topological polar surface area (TPSA) is 35.2 Å². The molecule has 3 rings (SSSR count). The Hall–Kier alpha value is -0.0800. The van der Waals surface area contributed by atoms with E-state index in [9.17, 15) is 0 Å². The standard InChI is InChI=1S/C18H33NO/c1-14(2)15-5-3-10-18(19,11-6-15)16-7-12-20-17(13-16)8-4-9-17/h14-16H,3-13,19H2,1-2H3. The van der Waals surface area contributed by atoms with Gasteiger partial charge in [-0.1, -0.05) is 26.7 Å². The van der Waals surface area contributed by atoms with Crippen molar-refractivity contribution < 1.29 is 4.74 Å². The van der Waals surface area contributed by atoms with Crippen molar-refractivity contribution in [1.29, 1.82) is 0 Å². The van der Waals surface area contributed by atoms with Gasteiger partial charge >= 0.3 is 0 Å². The second-order valence-corrected chi connectivity index (χ2v) is 8.24. The Morgan fingerprint density at radius 3 is 2.45 bits per heavy atom. The summed E-state index contributed by atoms with van der Waals surface area (Å²) in [6, 6.07) is 0. The lowest BCUT2D eigenvalue weighted by atomic mass is 9.65. The fourth-order valence-electron chi connectivity index (χ4n) is 4.93. The molecule has 0 aromatic carbocycles. The van der Waals surface area contributed by atoms with Crippen molar-refractivity contribution in [2.75, 3.05) is 6.61 Å². The molecule has 0 aromatic rings. The maximum Gasteiger partial charge on any atom is 0.0686 e. The van der Waals surface area contributed by atoms with Crippen LogP contribution in [0.3, 0.4) is 0 Å². The summed E-state index contributed by atoms with van der Waals surface area (Å²) >= 11 is 0. The van der Waals surface area contributed by atoms with E-state index in [2.05, 4.69) is 13.8 Å². The van der Waals surface area contributed by atoms with Gasteiger partial charge in [0.05, 0.1) is 5.60 Å². The third-order valence-corrected chi connectivity index (χ3v) is 6.71. The lowest BCUT2D eigenvalue weighted by Crippen LogP contribution is -2.55. The molecule has 116 valence electrons. The molecule has 3 fully saturated rings. The SMILES string of the molecule is CC(C)C1CCCC(N)(C2CCOC3(CCC3)C2)CC1. The van der Waals surface area contributed by atoms with E-state index in [0.29, 0.717) is 5.92 Å². The Labute approximate surface area is 124 Å². The van der Waals surface area contributed by atoms with Crippen LogP contribution < -0.4 is 5.73 Å². The smallest absolute Gasteiger partial charge is 0.0686 e. The van der Waals surface area contributed by atoms with Gasteiger partial charge in [-0.3, -0.25) is 0 Å². The fourth-order valence-corrected chi connectivity index (χ4v) is 4.93. The number of hydrogen-bond acceptors (Lipinski definition) is 2. The minimum Gasteiger partial charge on any atom is -0.375 e. The van der Waals surface area contributed by atoms with Crippen molar-refractivity contribution in [2.24, 2.45) is 23.5 Å². The van der Waals surface area contributed by atoms with Gasteiger partial charge in [0.2, 0.25) is 0 Å². The van der Waals surface area contributed by atoms with E-state index in [1.807, 2.05) is 0 Å². The summed E-state index contributed by atoms with van der Waals surface area (Å²) in [6.45, 7) is 5.72. The summed E-state index contributed by atoms with van der Waals surface area (Å²) in [5.41, 5.74) is 7.30. The van der Waals surface area contributed by atoms with Crippen molar-refractivity contribution in [1.82, 2.24) is 0 Å². The van der Waals surface area contributed by atoms with Crippen molar-refractivity contribution >= 4 is 0 Å². The third-order valence-electron chi connectivity index (χ3n) is 6.71. The largest absolute Gasteiger partial charge is 0.375 e. The molecular formula is C18H33NO. The number of ether oxygens (including phenoxy) is 1. The molecule has 3 aliphatic rings. The summed E-state index contributed by atoms with van der Waals surface area (Å²) in [6.07, 6.45) is 12.9. The average molecular weight is 279 g/mol. The van der Waals surface area contributed by atoms with E-state index in [1.165, 1.54) is 64.2 Å². The van der Waals surface area contributed by atoms with Crippen molar-refractivity contribution in [3.63, 3.8) is 0 Å². The average Bonchev–Trinajstić information content (AvgIpc) is 2.60. The Morgan fingerprint density at radius 1 is 1.00 bits per heavy atom. The van der Waals surface area contributed by atoms with E-state index in [0.717, 1.165) is 18.4 Å². The van der Waals surface area contributed by atoms with Gasteiger partial charge in [-0.05, 0) is 69.1 Å². The third kappa shape index (κ3) is 2.78. The van der Waals surface area contributed by atoms with Gasteiger partial charge in [-0.2, -0.15) is 0 Å². The number of nitrogens with two attached hydrogens (primary N) is 1. The van der Waals surface area contributed by atoms with Gasteiger partial charge in [0.1, 0.15) is 0 Å². The van der Waals surface area contributed by atoms with Crippen LogP contribution in [0.4, 0.5) is 0 Å². The molecule has 0 radical (unpaired) electrons. The van der Waals surface area contributed by atoms with Gasteiger partial charge in [0, 0.05) is 12.1 Å². The minimum atomic E-state index is 0.107. The normalized spacial score (nSPS) is 41.4. The predicted octanol–water partition coefficient (Wildman–Crippen LogP) is 4.27. The van der Waals surface area contributed by atoms with Crippen LogP contribution in [0, 0.1) is 17.8 Å². The van der Waals surface area contributed by atoms with Gasteiger partial charge in [-0.15, -0.1) is 0 Å². The first kappa shape index (κ1) is 14.8. The summed E-state index contributed by atoms with van der Waals surface area (Å²) < 4.78 is 6.10. The molecule has 1 spiro atoms. The molecule has 20 heavy (non-hydrogen) atoms. The van der Waals surface area contributed by atoms with Crippen LogP contribution in [0.1, 0.15) is 78.1 Å². The molecule has 2 saturated carbocycles. The first-order chi connectivity index (χ1) is 9.53. The Bertz CT molecular complexity index is 336. The van der Waals surface area contributed by atoms with Crippen LogP contribution in [-0.2, 0) is 4.74 Å². The lowest BCUT2D eigenvalue weighted by Gasteiger charge is -2.51. The van der Waals surface area contributed by atoms with Crippen LogP contribution in [0.5, 0.6) is 0 Å². The zero-order chi connectivity index (χ0) is 14.2. The van der Waals surface area contributed by atoms with Crippen molar-refractivity contribution in [3.8, 4) is 0 Å². The summed E-state index contributed by atoms with van der Waals surface area (Å²) in [4.78, 5) is 0. The van der Waals surface area contributed by atoms with Crippen molar-refractivity contribution in [2.45, 2.75) is 89.2 Å². The molecule has 2 heteroatoms. The monoisotopic (exact) mass is 279 g/mol. The molecule has 1 saturated heterocycles. The van der Waals surface area contributed by atoms with Gasteiger partial charge < -0.3 is 10.5 Å². The fraction of sp³-hybridized carbons (Fsp3) is 1.00. The number of rotatable bonds is 2. The first-order valence-electron chi connectivity index (χ1n) is 8.96. The van der Waals surface area contributed by atoms with Crippen molar-refractivity contribution in [3.05, 3.63) is 0 Å². The highest BCUT2D eigenvalue weighted by molar-refractivity contribution is 5.02. The van der Waals surface area contributed by atoms with E-state index >= 15 is 0 Å². The summed E-state index contributed by atoms with van der Waals surface area (Å²) in [5.74, 6) is 2.44. The maximum atomic E-state index is 6.94. The second-order valence-electron chi connectivity index (χ2n) is 8.24. The van der Waals surface area contributed by atoms with Crippen LogP contribution in [0.2, 0.25) is 0 Å². The Kier molecular flexibility index (Phi) is 4.16. The Morgan fingerprint density at radius 2 is 1.80 bits per heavy atom. The van der Waals surface area contributed by atoms with Crippen LogP contribution in [-0.4, -0.2) is 17.7 Å². The van der Waals surface area contributed by atoms with Gasteiger partial charge in [-0.25, -0.2) is 0 Å². The molecule has 0 bridgehead atoms. The number of hydrogen-bond donors (Lipinski definition) is 1. The first-order valence-corrected chi connectivity index (χ1v) is 8.96. The highest BCUT2D eigenvalue weighted by Gasteiger charge is 2.48. The second kappa shape index (κ2) is 5.61. The van der Waals surface area contributed by atoms with E-state index in [-0.39, 0.29) is 11.1 Å². The predicted molar refractivity (Wildman–Crippen MR) is 83.6 cm³/mol. The summed E-state index contributed by atoms with van der Waals surface area (Å²) in [5, 5.41) is 0. The molecule has 2 nitrogen and oxygen atoms in total. The lowest BCUT2D eigenvalue weighted by molar-refractivity contribution is -0.153. The quantitative estimate of drug-likeness (QED) is 0.766. The van der Waals surface area contributed by atoms with Gasteiger partial charge in [0.15, 0.2) is 0 Å². The van der Waals surface area contributed by atoms with Crippen LogP contribution >= 0.6 is 0 Å². The van der Waals surface area contributed by atoms with Crippen LogP contribution in [0.25, 0.3) is 0 Å². The molecule has 3 atom stereocenters. The molecule has 2 aliphatic carbocycles. The highest BCUT2D eigenvalue weighted by Crippen LogP contribution is 2.49. The zero-order valence-corrected chi connectivity index (χ0v) is 13.5. The van der Waals surface area contributed by atoms with E-state index in [4.69, 9.17) is 10.5 Å². The van der Waals surface area contributed by atoms with E-state index < -0.39 is 0 Å². The molecule has 1 heterocycles. The summed E-state index contributed by atoms with van der Waals surface area (Å²) in [7, 11) is 0. The molecule has 0 amide bonds. The highest BCUT2D eigenvalue weighted by atomic mass is 16.5. The minimum absolute atomic E-state index is 0.107. The molecule has 2 N–H and O–H groups in total. The Balaban J connectivity index is 1.65. The van der Waals surface area contributed by atoms with Gasteiger partial charge in [0.25, 0.3) is 0 Å². The molecule has 0 aromatic heterocycles. The maximum absolute atomic E-state index is 6.94. The van der Waals surface area contributed by atoms with E-state index in [1.54, 1.807) is 0 Å². The zero-order valence-electron chi connectivity index (χ0n) is 13.5. The van der Waals surface area contributed by atoms with Crippen LogP contribution in [0.15, 0.2) is 0 Å². The molecule has 1 aliphatic heterocycles. The molecule has 3 unspecified atom stereocenters.